The molecule has 0 bridgehead atoms. The Morgan fingerprint density at radius 1 is 1.63 bits per heavy atom. The second kappa shape index (κ2) is 6.70. The van der Waals surface area contributed by atoms with E-state index in [1.807, 2.05) is 24.9 Å². The van der Waals surface area contributed by atoms with Gasteiger partial charge in [0, 0.05) is 19.8 Å². The van der Waals surface area contributed by atoms with Crippen molar-refractivity contribution >= 4 is 5.91 Å². The van der Waals surface area contributed by atoms with Gasteiger partial charge in [-0.25, -0.2) is 0 Å². The van der Waals surface area contributed by atoms with Crippen molar-refractivity contribution in [2.24, 2.45) is 13.0 Å². The SMILES string of the molecule is CCNC(=O)C1CC(CCc2cnn(C)c2)CCN1. The Bertz CT molecular complexity index is 415. The molecule has 106 valence electrons. The van der Waals surface area contributed by atoms with E-state index in [2.05, 4.69) is 21.9 Å². The Morgan fingerprint density at radius 3 is 3.16 bits per heavy atom. The topological polar surface area (TPSA) is 59.0 Å². The van der Waals surface area contributed by atoms with Crippen LogP contribution in [0, 0.1) is 5.92 Å². The lowest BCUT2D eigenvalue weighted by Gasteiger charge is -2.29. The molecule has 1 aromatic rings. The van der Waals surface area contributed by atoms with Crippen LogP contribution in [0.25, 0.3) is 0 Å². The lowest BCUT2D eigenvalue weighted by molar-refractivity contribution is -0.124. The first-order valence-electron chi connectivity index (χ1n) is 7.17. The molecule has 5 heteroatoms. The average Bonchev–Trinajstić information content (AvgIpc) is 2.83. The van der Waals surface area contributed by atoms with Crippen molar-refractivity contribution in [2.75, 3.05) is 13.1 Å². The van der Waals surface area contributed by atoms with Crippen molar-refractivity contribution in [3.05, 3.63) is 18.0 Å². The Balaban J connectivity index is 1.79. The summed E-state index contributed by atoms with van der Waals surface area (Å²) in [5.41, 5.74) is 1.29. The molecule has 1 aliphatic heterocycles. The van der Waals surface area contributed by atoms with Crippen LogP contribution in [0.2, 0.25) is 0 Å². The van der Waals surface area contributed by atoms with Gasteiger partial charge >= 0.3 is 0 Å². The molecule has 2 rings (SSSR count). The molecule has 1 aromatic heterocycles. The van der Waals surface area contributed by atoms with Crippen molar-refractivity contribution < 1.29 is 4.79 Å². The number of carbonyl (C=O) groups excluding carboxylic acids is 1. The van der Waals surface area contributed by atoms with Crippen LogP contribution in [0.5, 0.6) is 0 Å². The number of piperidine rings is 1. The summed E-state index contributed by atoms with van der Waals surface area (Å²) in [6.07, 6.45) is 8.32. The van der Waals surface area contributed by atoms with Crippen LogP contribution in [0.4, 0.5) is 0 Å². The number of aryl methyl sites for hydroxylation is 2. The molecule has 0 radical (unpaired) electrons. The molecule has 2 N–H and O–H groups in total. The number of hydrogen-bond donors (Lipinski definition) is 2. The quantitative estimate of drug-likeness (QED) is 0.829. The number of carbonyl (C=O) groups is 1. The minimum Gasteiger partial charge on any atom is -0.355 e. The van der Waals surface area contributed by atoms with Crippen LogP contribution >= 0.6 is 0 Å². The summed E-state index contributed by atoms with van der Waals surface area (Å²) < 4.78 is 1.84. The van der Waals surface area contributed by atoms with Crippen LogP contribution in [0.1, 0.15) is 31.7 Å². The maximum absolute atomic E-state index is 11.8. The van der Waals surface area contributed by atoms with Crippen LogP contribution in [-0.4, -0.2) is 34.8 Å². The largest absolute Gasteiger partial charge is 0.355 e. The van der Waals surface area contributed by atoms with E-state index >= 15 is 0 Å². The lowest BCUT2D eigenvalue weighted by atomic mass is 9.87. The van der Waals surface area contributed by atoms with Crippen LogP contribution < -0.4 is 10.6 Å². The Morgan fingerprint density at radius 2 is 2.47 bits per heavy atom. The van der Waals surface area contributed by atoms with Crippen molar-refractivity contribution in [1.29, 1.82) is 0 Å². The molecule has 0 saturated carbocycles. The second-order valence-electron chi connectivity index (χ2n) is 5.35. The summed E-state index contributed by atoms with van der Waals surface area (Å²) in [4.78, 5) is 11.8. The number of rotatable bonds is 5. The number of amides is 1. The molecule has 0 spiro atoms. The van der Waals surface area contributed by atoms with E-state index < -0.39 is 0 Å². The smallest absolute Gasteiger partial charge is 0.237 e. The minimum atomic E-state index is -0.00685. The molecule has 1 saturated heterocycles. The van der Waals surface area contributed by atoms with Gasteiger partial charge in [0.05, 0.1) is 12.2 Å². The van der Waals surface area contributed by atoms with E-state index in [9.17, 15) is 4.79 Å². The maximum Gasteiger partial charge on any atom is 0.237 e. The fourth-order valence-corrected chi connectivity index (χ4v) is 2.73. The summed E-state index contributed by atoms with van der Waals surface area (Å²) in [7, 11) is 1.94. The third-order valence-corrected chi connectivity index (χ3v) is 3.78. The van der Waals surface area contributed by atoms with Crippen molar-refractivity contribution in [3.8, 4) is 0 Å². The zero-order valence-electron chi connectivity index (χ0n) is 11.9. The van der Waals surface area contributed by atoms with Gasteiger partial charge in [-0.3, -0.25) is 9.48 Å². The van der Waals surface area contributed by atoms with E-state index in [0.29, 0.717) is 12.5 Å². The number of nitrogens with zero attached hydrogens (tertiary/aromatic N) is 2. The van der Waals surface area contributed by atoms with Gasteiger partial charge < -0.3 is 10.6 Å². The summed E-state index contributed by atoms with van der Waals surface area (Å²) in [6, 6.07) is -0.00685. The first-order valence-corrected chi connectivity index (χ1v) is 7.17. The van der Waals surface area contributed by atoms with E-state index in [0.717, 1.165) is 32.2 Å². The van der Waals surface area contributed by atoms with Crippen molar-refractivity contribution in [1.82, 2.24) is 20.4 Å². The standard InChI is InChI=1S/C14H24N4O/c1-3-15-14(19)13-8-11(6-7-16-13)4-5-12-9-17-18(2)10-12/h9-11,13,16H,3-8H2,1-2H3,(H,15,19). The number of nitrogens with one attached hydrogen (secondary N) is 2. The molecule has 0 aromatic carbocycles. The highest BCUT2D eigenvalue weighted by Gasteiger charge is 2.26. The molecule has 19 heavy (non-hydrogen) atoms. The normalized spacial score (nSPS) is 23.3. The average molecular weight is 264 g/mol. The predicted octanol–water partition coefficient (Wildman–Crippen LogP) is 0.857. The first kappa shape index (κ1) is 14.1. The molecule has 1 aliphatic rings. The summed E-state index contributed by atoms with van der Waals surface area (Å²) in [5, 5.41) is 10.4. The van der Waals surface area contributed by atoms with Crippen LogP contribution in [0.15, 0.2) is 12.4 Å². The fourth-order valence-electron chi connectivity index (χ4n) is 2.73. The van der Waals surface area contributed by atoms with Crippen molar-refractivity contribution in [3.63, 3.8) is 0 Å². The van der Waals surface area contributed by atoms with Gasteiger partial charge in [-0.2, -0.15) is 5.10 Å². The zero-order valence-corrected chi connectivity index (χ0v) is 11.9. The van der Waals surface area contributed by atoms with Crippen molar-refractivity contribution in [2.45, 2.75) is 38.6 Å². The molecule has 2 atom stereocenters. The van der Waals surface area contributed by atoms with Gasteiger partial charge in [0.2, 0.25) is 5.91 Å². The molecule has 2 heterocycles. The van der Waals surface area contributed by atoms with E-state index in [1.54, 1.807) is 0 Å². The number of hydrogen-bond acceptors (Lipinski definition) is 3. The predicted molar refractivity (Wildman–Crippen MR) is 74.7 cm³/mol. The van der Waals surface area contributed by atoms with Gasteiger partial charge in [-0.05, 0) is 50.6 Å². The number of aromatic nitrogens is 2. The van der Waals surface area contributed by atoms with Gasteiger partial charge in [0.15, 0.2) is 0 Å². The van der Waals surface area contributed by atoms with E-state index in [-0.39, 0.29) is 11.9 Å². The summed E-state index contributed by atoms with van der Waals surface area (Å²) >= 11 is 0. The highest BCUT2D eigenvalue weighted by Crippen LogP contribution is 2.22. The molecule has 0 aliphatic carbocycles. The number of likely N-dealkylation sites (N-methyl/N-ethyl adjacent to an activating group) is 1. The minimum absolute atomic E-state index is 0.00685. The molecule has 2 unspecified atom stereocenters. The second-order valence-corrected chi connectivity index (χ2v) is 5.35. The third kappa shape index (κ3) is 4.06. The van der Waals surface area contributed by atoms with Gasteiger partial charge in [0.25, 0.3) is 0 Å². The summed E-state index contributed by atoms with van der Waals surface area (Å²) in [6.45, 7) is 3.61. The first-order chi connectivity index (χ1) is 9.19. The molecule has 5 nitrogen and oxygen atoms in total. The Hall–Kier alpha value is -1.36. The highest BCUT2D eigenvalue weighted by molar-refractivity contribution is 5.81. The highest BCUT2D eigenvalue weighted by atomic mass is 16.2. The Labute approximate surface area is 114 Å². The van der Waals surface area contributed by atoms with Gasteiger partial charge in [0.1, 0.15) is 0 Å². The fraction of sp³-hybridized carbons (Fsp3) is 0.714. The van der Waals surface area contributed by atoms with Gasteiger partial charge in [-0.1, -0.05) is 0 Å². The monoisotopic (exact) mass is 264 g/mol. The molecule has 1 fully saturated rings. The van der Waals surface area contributed by atoms with E-state index in [4.69, 9.17) is 0 Å². The van der Waals surface area contributed by atoms with E-state index in [1.165, 1.54) is 5.56 Å². The Kier molecular flexibility index (Phi) is 4.96. The maximum atomic E-state index is 11.8. The zero-order chi connectivity index (χ0) is 13.7. The third-order valence-electron chi connectivity index (χ3n) is 3.78. The summed E-state index contributed by atoms with van der Waals surface area (Å²) in [5.74, 6) is 0.780. The van der Waals surface area contributed by atoms with Gasteiger partial charge in [-0.15, -0.1) is 0 Å². The van der Waals surface area contributed by atoms with Crippen LogP contribution in [0.3, 0.4) is 0 Å². The lowest BCUT2D eigenvalue weighted by Crippen LogP contribution is -2.48. The van der Waals surface area contributed by atoms with Crippen LogP contribution in [-0.2, 0) is 18.3 Å². The molecule has 1 amide bonds. The molecular weight excluding hydrogens is 240 g/mol. The molecular formula is C14H24N4O.